The highest BCUT2D eigenvalue weighted by Crippen LogP contribution is 2.27. The van der Waals surface area contributed by atoms with E-state index in [0.717, 1.165) is 0 Å². The lowest BCUT2D eigenvalue weighted by atomic mass is 10.1. The number of rotatable bonds is 3. The Morgan fingerprint density at radius 3 is 2.77 bits per heavy atom. The average molecular weight is 320 g/mol. The van der Waals surface area contributed by atoms with Crippen LogP contribution in [0.25, 0.3) is 10.9 Å². The molecule has 1 saturated heterocycles. The lowest BCUT2D eigenvalue weighted by molar-refractivity contribution is -0.255. The Balaban J connectivity index is 2.02. The number of carboxylic acid groups (broad SMARTS) is 1. The molecule has 1 fully saturated rings. The van der Waals surface area contributed by atoms with E-state index in [0.29, 0.717) is 23.1 Å². The number of aromatic nitrogens is 2. The molecule has 2 aromatic rings. The van der Waals surface area contributed by atoms with Crippen molar-refractivity contribution >= 4 is 32.5 Å². The van der Waals surface area contributed by atoms with E-state index in [4.69, 9.17) is 0 Å². The van der Waals surface area contributed by atoms with Crippen LogP contribution in [0.5, 0.6) is 0 Å². The molecule has 22 heavy (non-hydrogen) atoms. The minimum atomic E-state index is -2.99. The Morgan fingerprint density at radius 1 is 1.36 bits per heavy atom. The summed E-state index contributed by atoms with van der Waals surface area (Å²) in [5, 5.41) is 11.6. The smallest absolute Gasteiger partial charge is 0.152 e. The van der Waals surface area contributed by atoms with E-state index in [1.165, 1.54) is 18.5 Å². The number of aromatic carboxylic acids is 1. The van der Waals surface area contributed by atoms with Crippen molar-refractivity contribution in [1.82, 2.24) is 9.97 Å². The normalized spacial score (nSPS) is 20.1. The highest BCUT2D eigenvalue weighted by atomic mass is 32.2. The molecule has 1 aromatic carbocycles. The van der Waals surface area contributed by atoms with Gasteiger partial charge in [0.2, 0.25) is 0 Å². The molecule has 8 heteroatoms. The first kappa shape index (κ1) is 14.7. The first-order valence-corrected chi connectivity index (χ1v) is 8.59. The van der Waals surface area contributed by atoms with Gasteiger partial charge in [0.1, 0.15) is 12.1 Å². The first-order valence-electron chi connectivity index (χ1n) is 6.77. The van der Waals surface area contributed by atoms with Gasteiger partial charge in [0, 0.05) is 18.5 Å². The second kappa shape index (κ2) is 5.20. The monoisotopic (exact) mass is 320 g/mol. The molecule has 2 heterocycles. The van der Waals surface area contributed by atoms with Gasteiger partial charge in [0.15, 0.2) is 9.84 Å². The third-order valence-electron chi connectivity index (χ3n) is 3.94. The van der Waals surface area contributed by atoms with Gasteiger partial charge in [0.25, 0.3) is 0 Å². The number of hydrogen-bond acceptors (Lipinski definition) is 7. The zero-order chi connectivity index (χ0) is 15.9. The third-order valence-corrected chi connectivity index (χ3v) is 5.69. The van der Waals surface area contributed by atoms with E-state index >= 15 is 0 Å². The molecule has 3 rings (SSSR count). The minimum absolute atomic E-state index is 0.0447. The molecule has 1 aliphatic heterocycles. The quantitative estimate of drug-likeness (QED) is 0.759. The van der Waals surface area contributed by atoms with E-state index in [1.807, 2.05) is 4.90 Å². The Kier molecular flexibility index (Phi) is 3.48. The second-order valence-electron chi connectivity index (χ2n) is 5.38. The molecule has 0 bridgehead atoms. The number of fused-ring (bicyclic) bond motifs is 1. The number of hydrogen-bond donors (Lipinski definition) is 0. The van der Waals surface area contributed by atoms with Crippen LogP contribution >= 0.6 is 0 Å². The van der Waals surface area contributed by atoms with Crippen molar-refractivity contribution in [2.75, 3.05) is 23.5 Å². The fourth-order valence-electron chi connectivity index (χ4n) is 2.70. The fourth-order valence-corrected chi connectivity index (χ4v) is 4.48. The first-order chi connectivity index (χ1) is 10.4. The third kappa shape index (κ3) is 2.61. The number of carbonyl (C=O) groups excluding carboxylic acids is 1. The molecule has 1 aliphatic rings. The maximum absolute atomic E-state index is 11.6. The van der Waals surface area contributed by atoms with Crippen molar-refractivity contribution < 1.29 is 18.3 Å². The number of carboxylic acids is 1. The molecule has 7 nitrogen and oxygen atoms in total. The van der Waals surface area contributed by atoms with E-state index in [9.17, 15) is 18.3 Å². The van der Waals surface area contributed by atoms with E-state index in [1.54, 1.807) is 13.1 Å². The Labute approximate surface area is 127 Å². The van der Waals surface area contributed by atoms with Crippen LogP contribution in [0.1, 0.15) is 16.8 Å². The highest BCUT2D eigenvalue weighted by molar-refractivity contribution is 7.91. The molecule has 0 amide bonds. The molecule has 0 N–H and O–H groups in total. The summed E-state index contributed by atoms with van der Waals surface area (Å²) in [5.74, 6) is -0.388. The second-order valence-corrected chi connectivity index (χ2v) is 7.61. The van der Waals surface area contributed by atoms with Crippen molar-refractivity contribution in [2.24, 2.45) is 0 Å². The van der Waals surface area contributed by atoms with Crippen molar-refractivity contribution in [3.63, 3.8) is 0 Å². The lowest BCUT2D eigenvalue weighted by Crippen LogP contribution is -2.33. The van der Waals surface area contributed by atoms with E-state index < -0.39 is 15.8 Å². The maximum Gasteiger partial charge on any atom is 0.152 e. The van der Waals surface area contributed by atoms with Crippen LogP contribution in [0.2, 0.25) is 0 Å². The van der Waals surface area contributed by atoms with Crippen LogP contribution < -0.4 is 10.0 Å². The van der Waals surface area contributed by atoms with Gasteiger partial charge < -0.3 is 14.8 Å². The van der Waals surface area contributed by atoms with Gasteiger partial charge in [-0.15, -0.1) is 0 Å². The summed E-state index contributed by atoms with van der Waals surface area (Å²) < 4.78 is 23.3. The van der Waals surface area contributed by atoms with E-state index in [-0.39, 0.29) is 23.1 Å². The van der Waals surface area contributed by atoms with Crippen LogP contribution in [0.15, 0.2) is 24.5 Å². The van der Waals surface area contributed by atoms with Gasteiger partial charge in [0.05, 0.1) is 23.0 Å². The summed E-state index contributed by atoms with van der Waals surface area (Å²) in [6, 6.07) is 4.35. The predicted octanol–water partition coefficient (Wildman–Crippen LogP) is -0.383. The van der Waals surface area contributed by atoms with Gasteiger partial charge in [-0.05, 0) is 24.1 Å². The Morgan fingerprint density at radius 2 is 2.14 bits per heavy atom. The fraction of sp³-hybridized carbons (Fsp3) is 0.357. The predicted molar refractivity (Wildman–Crippen MR) is 79.3 cm³/mol. The van der Waals surface area contributed by atoms with Crippen LogP contribution in [-0.4, -0.2) is 49.0 Å². The summed E-state index contributed by atoms with van der Waals surface area (Å²) in [5.41, 5.74) is 0.530. The molecule has 1 aromatic heterocycles. The summed E-state index contributed by atoms with van der Waals surface area (Å²) in [6.45, 7) is 0. The highest BCUT2D eigenvalue weighted by Gasteiger charge is 2.31. The molecule has 0 saturated carbocycles. The molecule has 0 aliphatic carbocycles. The van der Waals surface area contributed by atoms with Crippen LogP contribution in [0.3, 0.4) is 0 Å². The van der Waals surface area contributed by atoms with Crippen LogP contribution in [-0.2, 0) is 9.84 Å². The van der Waals surface area contributed by atoms with Crippen molar-refractivity contribution in [1.29, 1.82) is 0 Å². The molecule has 1 atom stereocenters. The summed E-state index contributed by atoms with van der Waals surface area (Å²) in [6.07, 6.45) is 1.90. The topological polar surface area (TPSA) is 103 Å². The van der Waals surface area contributed by atoms with Gasteiger partial charge in [-0.3, -0.25) is 0 Å². The average Bonchev–Trinajstić information content (AvgIpc) is 2.85. The zero-order valence-corrected chi connectivity index (χ0v) is 12.7. The number of anilines is 1. The van der Waals surface area contributed by atoms with Gasteiger partial charge in [-0.25, -0.2) is 18.4 Å². The van der Waals surface area contributed by atoms with Crippen LogP contribution in [0, 0.1) is 0 Å². The van der Waals surface area contributed by atoms with Crippen molar-refractivity contribution in [2.45, 2.75) is 12.5 Å². The molecule has 0 radical (unpaired) electrons. The number of benzene rings is 1. The minimum Gasteiger partial charge on any atom is -0.545 e. The van der Waals surface area contributed by atoms with Crippen molar-refractivity contribution in [3.8, 4) is 0 Å². The number of nitrogens with zero attached hydrogens (tertiary/aromatic N) is 3. The molecular weight excluding hydrogens is 306 g/mol. The largest absolute Gasteiger partial charge is 0.545 e. The molecule has 0 spiro atoms. The summed E-state index contributed by atoms with van der Waals surface area (Å²) in [4.78, 5) is 21.0. The van der Waals surface area contributed by atoms with Gasteiger partial charge >= 0.3 is 0 Å². The number of carbonyl (C=O) groups is 1. The summed E-state index contributed by atoms with van der Waals surface area (Å²) >= 11 is 0. The summed E-state index contributed by atoms with van der Waals surface area (Å²) in [7, 11) is -1.20. The molecule has 116 valence electrons. The molecule has 0 unspecified atom stereocenters. The molecular formula is C14H14N3O4S-. The SMILES string of the molecule is CN(c1ncnc2cc(C(=O)[O-])ccc12)[C@H]1CCS(=O)(=O)C1. The van der Waals surface area contributed by atoms with Crippen molar-refractivity contribution in [3.05, 3.63) is 30.1 Å². The standard InChI is InChI=1S/C14H15N3O4S/c1-17(10-4-5-22(20,21)7-10)13-11-3-2-9(14(18)19)6-12(11)15-8-16-13/h2-3,6,8,10H,4-5,7H2,1H3,(H,18,19)/p-1/t10-/m0/s1. The Bertz CT molecular complexity index is 850. The van der Waals surface area contributed by atoms with Crippen LogP contribution in [0.4, 0.5) is 5.82 Å². The Hall–Kier alpha value is -2.22. The number of sulfone groups is 1. The van der Waals surface area contributed by atoms with E-state index in [2.05, 4.69) is 9.97 Å². The zero-order valence-electron chi connectivity index (χ0n) is 11.9. The van der Waals surface area contributed by atoms with Gasteiger partial charge in [-0.1, -0.05) is 6.07 Å². The van der Waals surface area contributed by atoms with Gasteiger partial charge in [-0.2, -0.15) is 0 Å². The lowest BCUT2D eigenvalue weighted by Gasteiger charge is -2.25. The maximum atomic E-state index is 11.6.